The third-order valence-corrected chi connectivity index (χ3v) is 1.31. The summed E-state index contributed by atoms with van der Waals surface area (Å²) in [5.74, 6) is -0.883. The molecule has 0 aromatic carbocycles. The Morgan fingerprint density at radius 3 is 3.00 bits per heavy atom. The van der Waals surface area contributed by atoms with E-state index >= 15 is 0 Å². The van der Waals surface area contributed by atoms with Gasteiger partial charge in [0.25, 0.3) is 5.91 Å². The van der Waals surface area contributed by atoms with Gasteiger partial charge in [-0.05, 0) is 13.0 Å². The average molecular weight is 155 g/mol. The first-order valence-corrected chi connectivity index (χ1v) is 3.41. The van der Waals surface area contributed by atoms with E-state index in [0.29, 0.717) is 13.2 Å². The first-order chi connectivity index (χ1) is 5.25. The summed E-state index contributed by atoms with van der Waals surface area (Å²) in [4.78, 5) is 21.7. The number of amides is 1. The lowest BCUT2D eigenvalue weighted by Gasteiger charge is -1.99. The highest BCUT2D eigenvalue weighted by Crippen LogP contribution is 2.02. The average Bonchev–Trinajstić information content (AvgIpc) is 2.36. The second kappa shape index (κ2) is 3.18. The largest absolute Gasteiger partial charge is 0.462 e. The molecular formula is C7H9NO3. The van der Waals surface area contributed by atoms with Gasteiger partial charge in [0.15, 0.2) is 0 Å². The molecule has 0 aliphatic carbocycles. The Morgan fingerprint density at radius 2 is 2.55 bits per heavy atom. The highest BCUT2D eigenvalue weighted by molar-refractivity contribution is 6.17. The molecule has 0 radical (unpaired) electrons. The topological polar surface area (TPSA) is 55.4 Å². The van der Waals surface area contributed by atoms with Crippen LogP contribution in [-0.2, 0) is 14.3 Å². The second-order valence-corrected chi connectivity index (χ2v) is 2.05. The summed E-state index contributed by atoms with van der Waals surface area (Å²) in [6, 6.07) is 0. The van der Waals surface area contributed by atoms with Crippen molar-refractivity contribution in [3.63, 3.8) is 0 Å². The Balaban J connectivity index is 2.60. The smallest absolute Gasteiger partial charge is 0.343 e. The molecule has 0 saturated carbocycles. The van der Waals surface area contributed by atoms with Crippen LogP contribution in [0.25, 0.3) is 0 Å². The molecule has 1 aliphatic heterocycles. The zero-order valence-electron chi connectivity index (χ0n) is 6.22. The second-order valence-electron chi connectivity index (χ2n) is 2.05. The van der Waals surface area contributed by atoms with E-state index < -0.39 is 5.97 Å². The molecule has 0 spiro atoms. The van der Waals surface area contributed by atoms with E-state index in [0.717, 1.165) is 0 Å². The summed E-state index contributed by atoms with van der Waals surface area (Å²) >= 11 is 0. The number of esters is 1. The van der Waals surface area contributed by atoms with Crippen LogP contribution in [-0.4, -0.2) is 25.0 Å². The Bertz CT molecular complexity index is 220. The maximum atomic E-state index is 10.9. The zero-order chi connectivity index (χ0) is 8.27. The molecule has 0 atom stereocenters. The predicted molar refractivity (Wildman–Crippen MR) is 37.7 cm³/mol. The molecule has 60 valence electrons. The van der Waals surface area contributed by atoms with Crippen LogP contribution in [0.4, 0.5) is 0 Å². The summed E-state index contributed by atoms with van der Waals surface area (Å²) in [6.45, 7) is 2.42. The van der Waals surface area contributed by atoms with Crippen molar-refractivity contribution in [1.29, 1.82) is 0 Å². The fraction of sp³-hybridized carbons (Fsp3) is 0.429. The van der Waals surface area contributed by atoms with Gasteiger partial charge in [-0.3, -0.25) is 4.79 Å². The Kier molecular flexibility index (Phi) is 2.25. The highest BCUT2D eigenvalue weighted by atomic mass is 16.5. The van der Waals surface area contributed by atoms with Gasteiger partial charge in [-0.2, -0.15) is 0 Å². The number of rotatable bonds is 2. The van der Waals surface area contributed by atoms with E-state index in [-0.39, 0.29) is 11.5 Å². The minimum absolute atomic E-state index is 0.117. The monoisotopic (exact) mass is 155 g/mol. The van der Waals surface area contributed by atoms with Crippen molar-refractivity contribution >= 4 is 11.9 Å². The third kappa shape index (κ3) is 1.58. The fourth-order valence-corrected chi connectivity index (χ4v) is 0.819. The van der Waals surface area contributed by atoms with Gasteiger partial charge in [-0.15, -0.1) is 0 Å². The fourth-order valence-electron chi connectivity index (χ4n) is 0.819. The molecule has 0 aromatic heterocycles. The number of hydrogen-bond donors (Lipinski definition) is 1. The van der Waals surface area contributed by atoms with E-state index in [9.17, 15) is 9.59 Å². The van der Waals surface area contributed by atoms with Crippen molar-refractivity contribution < 1.29 is 14.3 Å². The molecule has 0 bridgehead atoms. The van der Waals surface area contributed by atoms with E-state index in [1.807, 2.05) is 0 Å². The van der Waals surface area contributed by atoms with Crippen molar-refractivity contribution in [2.24, 2.45) is 0 Å². The van der Waals surface area contributed by atoms with Crippen molar-refractivity contribution in [3.8, 4) is 0 Å². The van der Waals surface area contributed by atoms with Gasteiger partial charge < -0.3 is 10.1 Å². The Morgan fingerprint density at radius 1 is 1.82 bits per heavy atom. The minimum Gasteiger partial charge on any atom is -0.462 e. The van der Waals surface area contributed by atoms with E-state index in [4.69, 9.17) is 0 Å². The Hall–Kier alpha value is -1.32. The SMILES string of the molecule is CCOC(=O)C1=CCNC1=O. The molecule has 1 heterocycles. The number of nitrogens with one attached hydrogen (secondary N) is 1. The molecule has 1 N–H and O–H groups in total. The minimum atomic E-state index is -0.539. The normalized spacial score (nSPS) is 15.7. The maximum Gasteiger partial charge on any atom is 0.343 e. The van der Waals surface area contributed by atoms with Crippen molar-refractivity contribution in [1.82, 2.24) is 5.32 Å². The van der Waals surface area contributed by atoms with Crippen LogP contribution in [0, 0.1) is 0 Å². The van der Waals surface area contributed by atoms with Crippen molar-refractivity contribution in [2.45, 2.75) is 6.92 Å². The van der Waals surface area contributed by atoms with E-state index in [1.54, 1.807) is 6.92 Å². The molecule has 4 nitrogen and oxygen atoms in total. The van der Waals surface area contributed by atoms with Crippen LogP contribution in [0.3, 0.4) is 0 Å². The third-order valence-electron chi connectivity index (χ3n) is 1.31. The van der Waals surface area contributed by atoms with Crippen molar-refractivity contribution in [2.75, 3.05) is 13.2 Å². The van der Waals surface area contributed by atoms with Gasteiger partial charge >= 0.3 is 5.97 Å². The number of carbonyl (C=O) groups is 2. The van der Waals surface area contributed by atoms with Gasteiger partial charge in [-0.1, -0.05) is 0 Å². The molecule has 1 rings (SSSR count). The summed E-state index contributed by atoms with van der Waals surface area (Å²) < 4.78 is 4.63. The quantitative estimate of drug-likeness (QED) is 0.436. The van der Waals surface area contributed by atoms with Crippen LogP contribution in [0.2, 0.25) is 0 Å². The Labute approximate surface area is 64.2 Å². The lowest BCUT2D eigenvalue weighted by atomic mass is 10.3. The summed E-state index contributed by atoms with van der Waals surface area (Å²) in [6.07, 6.45) is 1.53. The van der Waals surface area contributed by atoms with Gasteiger partial charge in [0.1, 0.15) is 5.57 Å². The van der Waals surface area contributed by atoms with Gasteiger partial charge in [0.05, 0.1) is 6.61 Å². The molecule has 11 heavy (non-hydrogen) atoms. The summed E-state index contributed by atoms with van der Waals surface area (Å²) in [5, 5.41) is 2.48. The maximum absolute atomic E-state index is 10.9. The van der Waals surface area contributed by atoms with Crippen LogP contribution >= 0.6 is 0 Å². The van der Waals surface area contributed by atoms with Gasteiger partial charge in [-0.25, -0.2) is 4.79 Å². The molecule has 4 heteroatoms. The van der Waals surface area contributed by atoms with Crippen LogP contribution in [0.5, 0.6) is 0 Å². The summed E-state index contributed by atoms with van der Waals surface area (Å²) in [7, 11) is 0. The number of carbonyl (C=O) groups excluding carboxylic acids is 2. The first kappa shape index (κ1) is 7.78. The van der Waals surface area contributed by atoms with Crippen LogP contribution in [0.1, 0.15) is 6.92 Å². The predicted octanol–water partition coefficient (Wildman–Crippen LogP) is -0.394. The van der Waals surface area contributed by atoms with Crippen LogP contribution in [0.15, 0.2) is 11.6 Å². The number of hydrogen-bond acceptors (Lipinski definition) is 3. The van der Waals surface area contributed by atoms with Crippen LogP contribution < -0.4 is 5.32 Å². The molecule has 0 unspecified atom stereocenters. The molecule has 1 aliphatic rings. The van der Waals surface area contributed by atoms with Gasteiger partial charge in [0.2, 0.25) is 0 Å². The lowest BCUT2D eigenvalue weighted by molar-refractivity contribution is -0.139. The first-order valence-electron chi connectivity index (χ1n) is 3.41. The summed E-state index contributed by atoms with van der Waals surface area (Å²) in [5.41, 5.74) is 0.117. The zero-order valence-corrected chi connectivity index (χ0v) is 6.22. The van der Waals surface area contributed by atoms with Gasteiger partial charge in [0, 0.05) is 6.54 Å². The molecule has 0 saturated heterocycles. The lowest BCUT2D eigenvalue weighted by Crippen LogP contribution is -2.22. The molecular weight excluding hydrogens is 146 g/mol. The standard InChI is InChI=1S/C7H9NO3/c1-2-11-7(10)5-3-4-8-6(5)9/h3H,2,4H2,1H3,(H,8,9). The van der Waals surface area contributed by atoms with Crippen molar-refractivity contribution in [3.05, 3.63) is 11.6 Å². The molecule has 0 aromatic rings. The molecule has 0 fully saturated rings. The highest BCUT2D eigenvalue weighted by Gasteiger charge is 2.22. The number of ether oxygens (including phenoxy) is 1. The molecule has 1 amide bonds. The van der Waals surface area contributed by atoms with E-state index in [2.05, 4.69) is 10.1 Å². The van der Waals surface area contributed by atoms with E-state index in [1.165, 1.54) is 6.08 Å².